The zero-order chi connectivity index (χ0) is 69.3. The van der Waals surface area contributed by atoms with Crippen molar-refractivity contribution in [3.63, 3.8) is 0 Å². The van der Waals surface area contributed by atoms with Crippen molar-refractivity contribution in [3.8, 4) is 0 Å². The maximum Gasteiger partial charge on any atom is 0.352 e. The quantitative estimate of drug-likeness (QED) is 0.0782. The van der Waals surface area contributed by atoms with Crippen molar-refractivity contribution in [2.45, 2.75) is 162 Å². The minimum absolute atomic E-state index is 0.0145. The Morgan fingerprint density at radius 3 is 0.989 bits per heavy atom. The van der Waals surface area contributed by atoms with Crippen LogP contribution >= 0.6 is 0 Å². The summed E-state index contributed by atoms with van der Waals surface area (Å²) in [6, 6.07) is -0.372. The first-order chi connectivity index (χ1) is 44.1. The average Bonchev–Trinajstić information content (AvgIpc) is 1.56. The van der Waals surface area contributed by atoms with Crippen LogP contribution in [0, 0.1) is 65.1 Å². The monoisotopic (exact) mass is 1320 g/mol. The highest BCUT2D eigenvalue weighted by Gasteiger charge is 2.64. The van der Waals surface area contributed by atoms with Gasteiger partial charge in [-0.15, -0.1) is 0 Å². The largest absolute Gasteiger partial charge is 0.477 e. The average molecular weight is 1320 g/mol. The number of rotatable bonds is 20. The Hall–Kier alpha value is -6.10. The summed E-state index contributed by atoms with van der Waals surface area (Å²) in [5, 5.41) is 77.9. The van der Waals surface area contributed by atoms with Crippen molar-refractivity contribution in [2.24, 2.45) is 70.8 Å². The van der Waals surface area contributed by atoms with Crippen LogP contribution in [0.15, 0.2) is 57.4 Å². The van der Waals surface area contributed by atoms with Gasteiger partial charge in [0.25, 0.3) is 0 Å². The predicted molar refractivity (Wildman–Crippen MR) is 345 cm³/mol. The third-order valence-corrected chi connectivity index (χ3v) is 23.0. The van der Waals surface area contributed by atoms with Crippen molar-refractivity contribution in [1.82, 2.24) is 44.1 Å². The van der Waals surface area contributed by atoms with Crippen LogP contribution in [0.2, 0.25) is 0 Å². The number of β-lactam (4-membered cyclic amide) rings is 4. The Balaban J connectivity index is 0.000000148. The van der Waals surface area contributed by atoms with E-state index in [9.17, 15) is 79.2 Å². The molecule has 94 heavy (non-hydrogen) atoms. The Kier molecular flexibility index (Phi) is 21.9. The van der Waals surface area contributed by atoms with E-state index in [1.807, 2.05) is 27.7 Å². The molecule has 12 aliphatic rings. The van der Waals surface area contributed by atoms with Gasteiger partial charge in [-0.25, -0.2) is 19.2 Å². The van der Waals surface area contributed by atoms with E-state index < -0.39 is 72.0 Å². The summed E-state index contributed by atoms with van der Waals surface area (Å²) in [7, 11) is 4.12. The molecule has 8 unspecified atom stereocenters. The summed E-state index contributed by atoms with van der Waals surface area (Å²) in [4.78, 5) is 113. The van der Waals surface area contributed by atoms with Gasteiger partial charge in [0.2, 0.25) is 23.6 Å². The molecule has 10 N–H and O–H groups in total. The number of nitrogens with two attached hydrogens (primary N) is 1. The summed E-state index contributed by atoms with van der Waals surface area (Å²) in [5.74, 6) is -5.51. The number of aliphatic carboxylic acids is 4. The van der Waals surface area contributed by atoms with Crippen LogP contribution in [0.1, 0.15) is 108 Å². The fourth-order valence-corrected chi connectivity index (χ4v) is 17.9. The van der Waals surface area contributed by atoms with Crippen molar-refractivity contribution in [3.05, 3.63) is 57.4 Å². The molecule has 0 bridgehead atoms. The van der Waals surface area contributed by atoms with E-state index in [4.69, 9.17) is 5.73 Å². The third kappa shape index (κ3) is 13.3. The minimum atomic E-state index is -1.06. The van der Waals surface area contributed by atoms with Crippen molar-refractivity contribution < 1.29 is 79.2 Å². The van der Waals surface area contributed by atoms with Gasteiger partial charge in [-0.1, -0.05) is 54.5 Å². The van der Waals surface area contributed by atoms with Crippen LogP contribution in [0.5, 0.6) is 0 Å². The number of hydrogen-bond acceptors (Lipinski definition) is 18. The normalized spacial score (nSPS) is 35.0. The summed E-state index contributed by atoms with van der Waals surface area (Å²) < 4.78 is 0. The molecule has 12 heterocycles. The van der Waals surface area contributed by atoms with Crippen molar-refractivity contribution in [2.75, 3.05) is 92.6 Å². The van der Waals surface area contributed by atoms with Crippen LogP contribution in [-0.4, -0.2) is 280 Å². The maximum absolute atomic E-state index is 12.3. The highest BCUT2D eigenvalue weighted by atomic mass is 16.4. The number of carbonyl (C=O) groups is 8. The molecule has 0 aromatic rings. The number of carboxylic acid groups (broad SMARTS) is 4. The number of likely N-dealkylation sites (tertiary alicyclic amines) is 4. The molecule has 0 aromatic heterocycles. The lowest BCUT2D eigenvalue weighted by molar-refractivity contribution is -0.163. The number of likely N-dealkylation sites (N-methyl/N-ethyl adjacent to an activating group) is 1. The number of fused-ring (bicyclic) bond motifs is 4. The Labute approximate surface area is 552 Å². The molecule has 0 aromatic carbocycles. The zero-order valence-corrected chi connectivity index (χ0v) is 56.9. The van der Waals surface area contributed by atoms with Crippen LogP contribution in [-0.2, 0) is 38.4 Å². The molecule has 522 valence electrons. The van der Waals surface area contributed by atoms with Gasteiger partial charge in [0.05, 0.1) is 72.3 Å². The van der Waals surface area contributed by atoms with Crippen LogP contribution in [0.4, 0.5) is 0 Å². The van der Waals surface area contributed by atoms with E-state index in [0.717, 1.165) is 113 Å². The fourth-order valence-electron chi connectivity index (χ4n) is 17.9. The van der Waals surface area contributed by atoms with E-state index in [2.05, 4.69) is 59.0 Å². The maximum atomic E-state index is 12.3. The van der Waals surface area contributed by atoms with Crippen LogP contribution in [0.3, 0.4) is 0 Å². The molecule has 0 radical (unpaired) electrons. The Morgan fingerprint density at radius 2 is 0.745 bits per heavy atom. The SMILES string of the molecule is C=C(N)C[C@H]1CCN(CC2=C(C(=O)O)N3C(=O)C([C@@H](C)O)C3[C@H]2C)C1.CC[C@H]1CCN(CC2=C(C(=O)O)N3C(=O)C([C@@H](C)O)C3[C@H]2C)C1.C[C@@H](O)C1C(=O)N2C(C(=O)O)=C(CN3CC[C@H](N(C)C)C3)[C@H](C)C12.C[C@H]1CCN(CC2=C(C(=O)O)N3C(=O)C([C@@H](C)O)C3[C@H]2C)C1. The van der Waals surface area contributed by atoms with E-state index in [-0.39, 0.29) is 94.3 Å². The molecule has 4 amide bonds. The topological polar surface area (TPSA) is 354 Å². The van der Waals surface area contributed by atoms with Gasteiger partial charge < -0.3 is 71.1 Å². The summed E-state index contributed by atoms with van der Waals surface area (Å²) in [6.07, 6.45) is 3.31. The first kappa shape index (κ1) is 72.2. The van der Waals surface area contributed by atoms with E-state index in [0.29, 0.717) is 55.7 Å². The van der Waals surface area contributed by atoms with Gasteiger partial charge in [0, 0.05) is 94.3 Å². The van der Waals surface area contributed by atoms with E-state index in [1.54, 1.807) is 27.7 Å². The summed E-state index contributed by atoms with van der Waals surface area (Å²) in [6.45, 7) is 32.3. The number of amides is 4. The molecule has 12 aliphatic heterocycles. The first-order valence-corrected chi connectivity index (χ1v) is 34.0. The summed E-state index contributed by atoms with van der Waals surface area (Å²) >= 11 is 0. The minimum Gasteiger partial charge on any atom is -0.477 e. The second-order valence-corrected chi connectivity index (χ2v) is 29.6. The molecule has 8 fully saturated rings. The smallest absolute Gasteiger partial charge is 0.352 e. The van der Waals surface area contributed by atoms with Gasteiger partial charge in [0.1, 0.15) is 22.8 Å². The lowest BCUT2D eigenvalue weighted by atomic mass is 9.77. The van der Waals surface area contributed by atoms with Gasteiger partial charge >= 0.3 is 23.9 Å². The number of hydrogen-bond donors (Lipinski definition) is 9. The number of carbonyl (C=O) groups excluding carboxylic acids is 4. The van der Waals surface area contributed by atoms with Gasteiger partial charge in [-0.05, 0) is 134 Å². The molecule has 20 atom stereocenters. The van der Waals surface area contributed by atoms with Gasteiger partial charge in [0.15, 0.2) is 0 Å². The lowest BCUT2D eigenvalue weighted by Gasteiger charge is -2.46. The highest BCUT2D eigenvalue weighted by Crippen LogP contribution is 2.51. The Bertz CT molecular complexity index is 3140. The molecule has 8 saturated heterocycles. The van der Waals surface area contributed by atoms with Crippen molar-refractivity contribution >= 4 is 47.5 Å². The number of carboxylic acids is 4. The molecule has 0 aliphatic carbocycles. The van der Waals surface area contributed by atoms with Gasteiger partial charge in [-0.3, -0.25) is 38.8 Å². The molecule has 0 saturated carbocycles. The number of allylic oxidation sites excluding steroid dienone is 1. The standard InChI is InChI=1S/C18H27N3O4.C17H27N3O4.C17H26N2O4.C16H24N2O4/c1-9(19)6-12-4-5-20(7-12)8-13-10(2)15-14(11(3)22)17(23)21(15)16(13)18(24)25;1-9-12(8-19-6-5-11(7-19)18(3)4)15(17(23)24)20-14(9)13(10(2)21)16(20)22;1-4-11-5-6-18(7-11)8-12-9(2)14-13(10(3)20)16(21)19(14)15(12)17(22)23;1-8-4-5-17(6-8)7-11-9(2)13-12(10(3)19)15(20)18(13)14(11)16(21)22/h10-12,14-15,22H,1,4-8,19H2,2-3H3,(H,24,25);9-11,13-14,21H,5-8H2,1-4H3,(H,23,24);9-11,13-14,20H,4-8H2,1-3H3,(H,22,23);8-10,12-13,19H,4-7H2,1-3H3,(H,21,22)/t10-,11+,12+,14?,15?;2*9-,10+,11-,13?,14?;8-,9-,10+,12?,13?/m0000/s1. The second kappa shape index (κ2) is 28.5. The molecule has 26 nitrogen and oxygen atoms in total. The third-order valence-electron chi connectivity index (χ3n) is 23.0. The fraction of sp³-hybridized carbons (Fsp3) is 0.735. The van der Waals surface area contributed by atoms with E-state index >= 15 is 0 Å². The van der Waals surface area contributed by atoms with Crippen molar-refractivity contribution in [1.29, 1.82) is 0 Å². The molecule has 0 spiro atoms. The highest BCUT2D eigenvalue weighted by molar-refractivity contribution is 6.02. The molecule has 26 heteroatoms. The second-order valence-electron chi connectivity index (χ2n) is 29.6. The zero-order valence-electron chi connectivity index (χ0n) is 56.9. The number of nitrogens with zero attached hydrogens (tertiary/aromatic N) is 9. The number of aliphatic hydroxyl groups is 4. The van der Waals surface area contributed by atoms with E-state index in [1.165, 1.54) is 19.6 Å². The Morgan fingerprint density at radius 1 is 0.468 bits per heavy atom. The lowest BCUT2D eigenvalue weighted by Crippen LogP contribution is -2.63. The first-order valence-electron chi connectivity index (χ1n) is 34.0. The van der Waals surface area contributed by atoms with Crippen LogP contribution < -0.4 is 5.73 Å². The number of aliphatic hydroxyl groups excluding tert-OH is 4. The molecular formula is C68H104N10O16. The summed E-state index contributed by atoms with van der Waals surface area (Å²) in [5.41, 5.74) is 10.2. The molecule has 12 rings (SSSR count). The predicted octanol–water partition coefficient (Wildman–Crippen LogP) is 1.62. The molecular weight excluding hydrogens is 1210 g/mol. The van der Waals surface area contributed by atoms with Crippen LogP contribution in [0.25, 0.3) is 0 Å². The van der Waals surface area contributed by atoms with Gasteiger partial charge in [-0.2, -0.15) is 0 Å².